The number of halogens is 3. The summed E-state index contributed by atoms with van der Waals surface area (Å²) in [5.41, 5.74) is -0.852. The minimum atomic E-state index is -1.72. The fraction of sp³-hybridized carbons (Fsp3) is 0.120. The molecule has 0 aliphatic carbocycles. The molecule has 34 heavy (non-hydrogen) atoms. The highest BCUT2D eigenvalue weighted by Gasteiger charge is 2.45. The topological polar surface area (TPSA) is 77.8 Å². The molecule has 5 rings (SSSR count). The van der Waals surface area contributed by atoms with Crippen LogP contribution in [-0.4, -0.2) is 19.1 Å². The number of ether oxygens (including phenoxy) is 2. The van der Waals surface area contributed by atoms with Gasteiger partial charge in [-0.15, -0.1) is 0 Å². The number of carbonyl (C=O) groups is 1. The lowest BCUT2D eigenvalue weighted by atomic mass is 9.87. The lowest BCUT2D eigenvalue weighted by Crippen LogP contribution is -2.36. The molecule has 6 nitrogen and oxygen atoms in total. The number of hydrogen-bond acceptors (Lipinski definition) is 5. The maximum atomic E-state index is 14.9. The van der Waals surface area contributed by atoms with Crippen molar-refractivity contribution in [3.63, 3.8) is 0 Å². The molecule has 0 saturated heterocycles. The zero-order valence-corrected chi connectivity index (χ0v) is 17.6. The summed E-state index contributed by atoms with van der Waals surface area (Å²) in [6.45, 7) is 0. The van der Waals surface area contributed by atoms with Crippen molar-refractivity contribution in [2.45, 2.75) is 12.0 Å². The van der Waals surface area contributed by atoms with Crippen LogP contribution in [0.3, 0.4) is 0 Å². The van der Waals surface area contributed by atoms with Crippen LogP contribution in [0, 0.1) is 17.5 Å². The van der Waals surface area contributed by atoms with Crippen LogP contribution in [0.15, 0.2) is 69.9 Å². The van der Waals surface area contributed by atoms with Gasteiger partial charge in [-0.3, -0.25) is 4.79 Å². The van der Waals surface area contributed by atoms with E-state index in [1.54, 1.807) is 42.5 Å². The van der Waals surface area contributed by atoms with Crippen LogP contribution in [0.2, 0.25) is 0 Å². The van der Waals surface area contributed by atoms with E-state index in [2.05, 4.69) is 5.32 Å². The van der Waals surface area contributed by atoms with Crippen molar-refractivity contribution >= 4 is 22.6 Å². The van der Waals surface area contributed by atoms with E-state index >= 15 is 0 Å². The van der Waals surface area contributed by atoms with E-state index in [-0.39, 0.29) is 16.9 Å². The Bertz CT molecular complexity index is 1480. The fourth-order valence-corrected chi connectivity index (χ4v) is 4.07. The quantitative estimate of drug-likeness (QED) is 0.346. The molecule has 0 unspecified atom stereocenters. The predicted molar refractivity (Wildman–Crippen MR) is 117 cm³/mol. The first kappa shape index (κ1) is 21.6. The van der Waals surface area contributed by atoms with Crippen LogP contribution >= 0.6 is 0 Å². The first-order chi connectivity index (χ1) is 16.4. The molecule has 0 radical (unpaired) electrons. The van der Waals surface area contributed by atoms with Gasteiger partial charge in [0.2, 0.25) is 0 Å². The van der Waals surface area contributed by atoms with Gasteiger partial charge in [0.05, 0.1) is 24.0 Å². The summed E-state index contributed by atoms with van der Waals surface area (Å²) in [6.07, 6.45) is -1.47. The van der Waals surface area contributed by atoms with Crippen molar-refractivity contribution in [2.75, 3.05) is 12.4 Å². The van der Waals surface area contributed by atoms with Crippen molar-refractivity contribution in [3.05, 3.63) is 99.7 Å². The maximum absolute atomic E-state index is 14.9. The van der Waals surface area contributed by atoms with E-state index in [1.165, 1.54) is 13.2 Å². The van der Waals surface area contributed by atoms with Gasteiger partial charge in [0.25, 0.3) is 5.91 Å². The Morgan fingerprint density at radius 3 is 2.44 bits per heavy atom. The van der Waals surface area contributed by atoms with Crippen molar-refractivity contribution in [1.82, 2.24) is 0 Å². The highest BCUT2D eigenvalue weighted by atomic mass is 19.2. The van der Waals surface area contributed by atoms with Gasteiger partial charge in [-0.1, -0.05) is 18.2 Å². The van der Waals surface area contributed by atoms with Crippen LogP contribution in [0.4, 0.5) is 18.9 Å². The Kier molecular flexibility index (Phi) is 5.24. The highest BCUT2D eigenvalue weighted by molar-refractivity contribution is 5.97. The van der Waals surface area contributed by atoms with E-state index in [0.29, 0.717) is 16.8 Å². The third kappa shape index (κ3) is 3.45. The number of amides is 1. The second-order valence-electron chi connectivity index (χ2n) is 7.63. The Balaban J connectivity index is 1.64. The summed E-state index contributed by atoms with van der Waals surface area (Å²) in [7, 11) is 1.49. The molecule has 2 atom stereocenters. The first-order valence-corrected chi connectivity index (χ1v) is 10.2. The lowest BCUT2D eigenvalue weighted by Gasteiger charge is -2.19. The molecule has 1 aliphatic rings. The average molecular weight is 467 g/mol. The number of benzene rings is 3. The standard InChI is InChI=1S/C25H16F3NO5/c1-32-13-8-6-12(7-9-13)29-24(30)23-18(15-10-11-16(26)21(28)20(15)27)19-22(34-23)14-4-2-3-5-17(14)33-25(19)31/h2-11,18,23H,1H3,(H,29,30)/t18-,23-/m0/s1. The van der Waals surface area contributed by atoms with Gasteiger partial charge >= 0.3 is 5.63 Å². The average Bonchev–Trinajstić information content (AvgIpc) is 3.25. The molecule has 1 N–H and O–H groups in total. The van der Waals surface area contributed by atoms with E-state index in [0.717, 1.165) is 12.1 Å². The molecule has 9 heteroatoms. The molecule has 4 aromatic rings. The third-order valence-electron chi connectivity index (χ3n) is 5.67. The summed E-state index contributed by atoms with van der Waals surface area (Å²) in [5, 5.41) is 3.02. The molecule has 172 valence electrons. The van der Waals surface area contributed by atoms with E-state index in [1.807, 2.05) is 0 Å². The van der Waals surface area contributed by atoms with Crippen molar-refractivity contribution < 1.29 is 31.9 Å². The van der Waals surface area contributed by atoms with E-state index < -0.39 is 46.6 Å². The summed E-state index contributed by atoms with van der Waals surface area (Å²) < 4.78 is 58.9. The highest BCUT2D eigenvalue weighted by Crippen LogP contribution is 2.45. The number of hydrogen-bond donors (Lipinski definition) is 1. The second kappa shape index (κ2) is 8.26. The van der Waals surface area contributed by atoms with Crippen LogP contribution in [-0.2, 0) is 4.79 Å². The first-order valence-electron chi connectivity index (χ1n) is 10.2. The maximum Gasteiger partial charge on any atom is 0.344 e. The van der Waals surface area contributed by atoms with E-state index in [9.17, 15) is 22.8 Å². The SMILES string of the molecule is COc1ccc(NC(=O)[C@H]2Oc3c(c(=O)oc4ccccc34)[C@@H]2c2ccc(F)c(F)c2F)cc1. The van der Waals surface area contributed by atoms with Gasteiger partial charge < -0.3 is 19.2 Å². The number of rotatable bonds is 4. The smallest absolute Gasteiger partial charge is 0.344 e. The van der Waals surface area contributed by atoms with Gasteiger partial charge in [0.1, 0.15) is 17.1 Å². The molecular formula is C25H16F3NO5. The Labute approximate surface area is 190 Å². The number of nitrogens with one attached hydrogen (secondary N) is 1. The van der Waals surface area contributed by atoms with Gasteiger partial charge in [0, 0.05) is 11.3 Å². The molecule has 2 heterocycles. The van der Waals surface area contributed by atoms with Crippen LogP contribution in [0.5, 0.6) is 11.5 Å². The molecule has 0 bridgehead atoms. The van der Waals surface area contributed by atoms with Gasteiger partial charge in [-0.25, -0.2) is 18.0 Å². The molecule has 1 amide bonds. The Hall–Kier alpha value is -4.27. The number of para-hydroxylation sites is 1. The number of anilines is 1. The third-order valence-corrected chi connectivity index (χ3v) is 5.67. The zero-order valence-electron chi connectivity index (χ0n) is 17.6. The molecule has 3 aromatic carbocycles. The number of methoxy groups -OCH3 is 1. The minimum absolute atomic E-state index is 0.0239. The van der Waals surface area contributed by atoms with Crippen LogP contribution in [0.1, 0.15) is 17.0 Å². The summed E-state index contributed by atoms with van der Waals surface area (Å²) in [5.74, 6) is -6.15. The fourth-order valence-electron chi connectivity index (χ4n) is 4.07. The van der Waals surface area contributed by atoms with Gasteiger partial charge in [-0.05, 0) is 42.5 Å². The Morgan fingerprint density at radius 1 is 0.971 bits per heavy atom. The molecule has 0 fully saturated rings. The molecule has 1 aliphatic heterocycles. The minimum Gasteiger partial charge on any atom is -0.497 e. The normalized spacial score (nSPS) is 16.7. The molecule has 0 saturated carbocycles. The number of carbonyl (C=O) groups excluding carboxylic acids is 1. The summed E-state index contributed by atoms with van der Waals surface area (Å²) in [6, 6.07) is 14.6. The van der Waals surface area contributed by atoms with Crippen LogP contribution in [0.25, 0.3) is 11.0 Å². The summed E-state index contributed by atoms with van der Waals surface area (Å²) in [4.78, 5) is 26.1. The second-order valence-corrected chi connectivity index (χ2v) is 7.63. The molecular weight excluding hydrogens is 451 g/mol. The van der Waals surface area contributed by atoms with Crippen LogP contribution < -0.4 is 20.4 Å². The summed E-state index contributed by atoms with van der Waals surface area (Å²) >= 11 is 0. The number of fused-ring (bicyclic) bond motifs is 3. The van der Waals surface area contributed by atoms with Crippen molar-refractivity contribution in [3.8, 4) is 11.5 Å². The Morgan fingerprint density at radius 2 is 1.71 bits per heavy atom. The predicted octanol–water partition coefficient (Wildman–Crippen LogP) is 4.75. The lowest BCUT2D eigenvalue weighted by molar-refractivity contribution is -0.122. The van der Waals surface area contributed by atoms with Crippen molar-refractivity contribution in [1.29, 1.82) is 0 Å². The van der Waals surface area contributed by atoms with Crippen molar-refractivity contribution in [2.24, 2.45) is 0 Å². The van der Waals surface area contributed by atoms with E-state index in [4.69, 9.17) is 13.9 Å². The van der Waals surface area contributed by atoms with Gasteiger partial charge in [-0.2, -0.15) is 0 Å². The molecule has 0 spiro atoms. The van der Waals surface area contributed by atoms with Gasteiger partial charge in [0.15, 0.2) is 23.6 Å². The zero-order chi connectivity index (χ0) is 24.0. The largest absolute Gasteiger partial charge is 0.497 e. The monoisotopic (exact) mass is 467 g/mol. The molecule has 1 aromatic heterocycles.